The first-order valence-electron chi connectivity index (χ1n) is 10.9. The zero-order valence-corrected chi connectivity index (χ0v) is 17.9. The Labute approximate surface area is 186 Å². The van der Waals surface area contributed by atoms with E-state index in [4.69, 9.17) is 9.72 Å². The summed E-state index contributed by atoms with van der Waals surface area (Å²) < 4.78 is 5.34. The fraction of sp³-hybridized carbons (Fsp3) is 0.185. The topological polar surface area (TPSA) is 45.7 Å². The van der Waals surface area contributed by atoms with Crippen molar-refractivity contribution in [2.45, 2.75) is 0 Å². The van der Waals surface area contributed by atoms with Crippen LogP contribution in [0.4, 0.5) is 11.4 Å². The molecule has 158 valence electrons. The maximum Gasteiger partial charge on any atom is 0.246 e. The molecule has 1 amide bonds. The standard InChI is InChI=1S/C27H23N3O2/c1-29-23-7-3-2-5-20(23)27-26-19(6-4-8-24(26)29)21-17-18(9-11-22(21)28-27)10-12-25(31)30-13-15-32-16-14-30/h2-12,17H,13-16H2,1H3/b12-10+. The number of carbonyl (C=O) groups excluding carboxylic acids is 1. The van der Waals surface area contributed by atoms with E-state index in [2.05, 4.69) is 66.5 Å². The fourth-order valence-corrected chi connectivity index (χ4v) is 4.79. The first-order chi connectivity index (χ1) is 15.7. The number of ether oxygens (including phenoxy) is 1. The molecule has 0 saturated carbocycles. The van der Waals surface area contributed by atoms with Gasteiger partial charge in [-0.1, -0.05) is 36.4 Å². The molecule has 2 aliphatic heterocycles. The molecule has 0 spiro atoms. The van der Waals surface area contributed by atoms with Crippen molar-refractivity contribution in [3.05, 3.63) is 72.3 Å². The van der Waals surface area contributed by atoms with E-state index in [0.717, 1.165) is 33.4 Å². The molecule has 1 aromatic heterocycles. The monoisotopic (exact) mass is 421 g/mol. The predicted molar refractivity (Wildman–Crippen MR) is 129 cm³/mol. The Bertz CT molecular complexity index is 1400. The average molecular weight is 422 g/mol. The number of nitrogens with zero attached hydrogens (tertiary/aromatic N) is 3. The molecule has 5 heteroatoms. The molecule has 1 saturated heterocycles. The van der Waals surface area contributed by atoms with E-state index in [1.165, 1.54) is 16.5 Å². The molecule has 3 aromatic carbocycles. The van der Waals surface area contributed by atoms with E-state index >= 15 is 0 Å². The minimum absolute atomic E-state index is 0.0293. The maximum absolute atomic E-state index is 12.5. The second kappa shape index (κ2) is 7.46. The van der Waals surface area contributed by atoms with Crippen LogP contribution in [0, 0.1) is 0 Å². The lowest BCUT2D eigenvalue weighted by Gasteiger charge is -2.30. The van der Waals surface area contributed by atoms with Crippen LogP contribution in [0.5, 0.6) is 0 Å². The number of carbonyl (C=O) groups is 1. The first-order valence-corrected chi connectivity index (χ1v) is 10.9. The van der Waals surface area contributed by atoms with Crippen LogP contribution in [0.1, 0.15) is 5.56 Å². The highest BCUT2D eigenvalue weighted by Crippen LogP contribution is 2.47. The third-order valence-corrected chi connectivity index (χ3v) is 6.45. The normalized spacial score (nSPS) is 15.5. The van der Waals surface area contributed by atoms with Crippen LogP contribution < -0.4 is 4.90 Å². The van der Waals surface area contributed by atoms with E-state index in [9.17, 15) is 4.79 Å². The highest BCUT2D eigenvalue weighted by atomic mass is 16.5. The Morgan fingerprint density at radius 2 is 1.78 bits per heavy atom. The molecule has 4 aromatic rings. The Balaban J connectivity index is 1.47. The molecule has 0 atom stereocenters. The lowest BCUT2D eigenvalue weighted by molar-refractivity contribution is -0.129. The molecular weight excluding hydrogens is 398 g/mol. The quantitative estimate of drug-likeness (QED) is 0.337. The molecule has 1 fully saturated rings. The van der Waals surface area contributed by atoms with Gasteiger partial charge in [-0.25, -0.2) is 4.98 Å². The van der Waals surface area contributed by atoms with E-state index in [0.29, 0.717) is 26.3 Å². The number of para-hydroxylation sites is 1. The number of pyridine rings is 1. The summed E-state index contributed by atoms with van der Waals surface area (Å²) in [4.78, 5) is 21.6. The van der Waals surface area contributed by atoms with Gasteiger partial charge >= 0.3 is 0 Å². The van der Waals surface area contributed by atoms with E-state index in [1.807, 2.05) is 17.0 Å². The van der Waals surface area contributed by atoms with Gasteiger partial charge < -0.3 is 14.5 Å². The number of fused-ring (bicyclic) bond motifs is 4. The molecule has 5 nitrogen and oxygen atoms in total. The van der Waals surface area contributed by atoms with Crippen molar-refractivity contribution in [1.82, 2.24) is 9.88 Å². The Morgan fingerprint density at radius 1 is 0.969 bits per heavy atom. The van der Waals surface area contributed by atoms with Crippen molar-refractivity contribution in [2.75, 3.05) is 38.3 Å². The number of benzene rings is 3. The van der Waals surface area contributed by atoms with Crippen molar-refractivity contribution < 1.29 is 9.53 Å². The number of hydrogen-bond acceptors (Lipinski definition) is 4. The highest BCUT2D eigenvalue weighted by Gasteiger charge is 2.24. The zero-order valence-electron chi connectivity index (χ0n) is 17.9. The van der Waals surface area contributed by atoms with Crippen LogP contribution in [0.2, 0.25) is 0 Å². The molecule has 32 heavy (non-hydrogen) atoms. The van der Waals surface area contributed by atoms with Crippen LogP contribution in [0.25, 0.3) is 39.0 Å². The number of anilines is 2. The van der Waals surface area contributed by atoms with Crippen molar-refractivity contribution in [1.29, 1.82) is 0 Å². The summed E-state index contributed by atoms with van der Waals surface area (Å²) in [5, 5.41) is 3.45. The van der Waals surface area contributed by atoms with Gasteiger partial charge in [0.15, 0.2) is 0 Å². The Morgan fingerprint density at radius 3 is 2.66 bits per heavy atom. The molecule has 0 N–H and O–H groups in total. The number of rotatable bonds is 2. The lowest BCUT2D eigenvalue weighted by Crippen LogP contribution is -2.39. The molecule has 0 bridgehead atoms. The number of hydrogen-bond donors (Lipinski definition) is 0. The maximum atomic E-state index is 12.5. The average Bonchev–Trinajstić information content (AvgIpc) is 2.86. The summed E-state index contributed by atoms with van der Waals surface area (Å²) in [6.07, 6.45) is 3.56. The van der Waals surface area contributed by atoms with Gasteiger partial charge in [-0.15, -0.1) is 0 Å². The van der Waals surface area contributed by atoms with Crippen molar-refractivity contribution in [3.8, 4) is 11.3 Å². The van der Waals surface area contributed by atoms with E-state index in [1.54, 1.807) is 6.08 Å². The van der Waals surface area contributed by atoms with Gasteiger partial charge in [-0.2, -0.15) is 0 Å². The third kappa shape index (κ3) is 2.97. The number of aromatic nitrogens is 1. The summed E-state index contributed by atoms with van der Waals surface area (Å²) in [5.74, 6) is 0.0293. The van der Waals surface area contributed by atoms with Gasteiger partial charge in [0.2, 0.25) is 5.91 Å². The minimum Gasteiger partial charge on any atom is -0.378 e. The summed E-state index contributed by atoms with van der Waals surface area (Å²) in [6, 6.07) is 21.1. The molecule has 2 aliphatic rings. The predicted octanol–water partition coefficient (Wildman–Crippen LogP) is 5.01. The van der Waals surface area contributed by atoms with Crippen LogP contribution in [-0.2, 0) is 9.53 Å². The zero-order chi connectivity index (χ0) is 21.7. The number of amides is 1. The number of morpholine rings is 1. The van der Waals surface area contributed by atoms with Crippen LogP contribution in [0.15, 0.2) is 66.7 Å². The van der Waals surface area contributed by atoms with Gasteiger partial charge in [0.1, 0.15) is 0 Å². The summed E-state index contributed by atoms with van der Waals surface area (Å²) in [5.41, 5.74) is 6.46. The van der Waals surface area contributed by atoms with Gasteiger partial charge in [-0.3, -0.25) is 4.79 Å². The highest BCUT2D eigenvalue weighted by molar-refractivity contribution is 6.19. The molecule has 0 aliphatic carbocycles. The van der Waals surface area contributed by atoms with Crippen molar-refractivity contribution >= 4 is 45.0 Å². The van der Waals surface area contributed by atoms with Gasteiger partial charge in [0.25, 0.3) is 0 Å². The molecular formula is C27H23N3O2. The molecule has 0 unspecified atom stereocenters. The van der Waals surface area contributed by atoms with Crippen LogP contribution in [0.3, 0.4) is 0 Å². The van der Waals surface area contributed by atoms with Crippen molar-refractivity contribution in [2.24, 2.45) is 0 Å². The first kappa shape index (κ1) is 19.0. The fourth-order valence-electron chi connectivity index (χ4n) is 4.79. The van der Waals surface area contributed by atoms with Crippen molar-refractivity contribution in [3.63, 3.8) is 0 Å². The minimum atomic E-state index is 0.0293. The smallest absolute Gasteiger partial charge is 0.246 e. The summed E-state index contributed by atoms with van der Waals surface area (Å²) >= 11 is 0. The van der Waals surface area contributed by atoms with Crippen LogP contribution in [-0.4, -0.2) is 49.1 Å². The van der Waals surface area contributed by atoms with Gasteiger partial charge in [-0.05, 0) is 41.3 Å². The second-order valence-corrected chi connectivity index (χ2v) is 8.28. The lowest BCUT2D eigenvalue weighted by atomic mass is 9.93. The second-order valence-electron chi connectivity index (χ2n) is 8.28. The SMILES string of the molecule is CN1c2ccccc2-c2nc3ccc(/C=C/C(=O)N4CCOCC4)cc3c3cccc1c23. The third-order valence-electron chi connectivity index (χ3n) is 6.45. The van der Waals surface area contributed by atoms with Crippen LogP contribution >= 0.6 is 0 Å². The molecule has 3 heterocycles. The van der Waals surface area contributed by atoms with Gasteiger partial charge in [0.05, 0.1) is 35.8 Å². The largest absolute Gasteiger partial charge is 0.378 e. The van der Waals surface area contributed by atoms with E-state index < -0.39 is 0 Å². The van der Waals surface area contributed by atoms with E-state index in [-0.39, 0.29) is 5.91 Å². The summed E-state index contributed by atoms with van der Waals surface area (Å²) in [6.45, 7) is 2.51. The Kier molecular flexibility index (Phi) is 4.44. The molecule has 0 radical (unpaired) electrons. The summed E-state index contributed by atoms with van der Waals surface area (Å²) in [7, 11) is 2.11. The Hall–Kier alpha value is -3.70. The van der Waals surface area contributed by atoms with Gasteiger partial charge in [0, 0.05) is 42.5 Å². The molecule has 6 rings (SSSR count).